The smallest absolute Gasteiger partial charge is 0.306 e. The Hall–Kier alpha value is -0.650. The first-order chi connectivity index (χ1) is 8.16. The van der Waals surface area contributed by atoms with Crippen LogP contribution in [0.3, 0.4) is 0 Å². The fourth-order valence-electron chi connectivity index (χ4n) is 1.10. The van der Waals surface area contributed by atoms with Gasteiger partial charge in [0.2, 0.25) is 0 Å². The summed E-state index contributed by atoms with van der Waals surface area (Å²) in [7, 11) is 1.64. The zero-order valence-electron chi connectivity index (χ0n) is 11.1. The van der Waals surface area contributed by atoms with Gasteiger partial charge in [-0.3, -0.25) is 4.79 Å². The van der Waals surface area contributed by atoms with E-state index < -0.39 is 0 Å². The molecule has 0 aliphatic heterocycles. The van der Waals surface area contributed by atoms with Crippen LogP contribution in [0.1, 0.15) is 26.7 Å². The molecule has 0 aromatic heterocycles. The zero-order chi connectivity index (χ0) is 12.9. The number of carbonyl (C=O) groups is 1. The van der Waals surface area contributed by atoms with Gasteiger partial charge in [0.1, 0.15) is 0 Å². The molecule has 102 valence electrons. The van der Waals surface area contributed by atoms with E-state index in [-0.39, 0.29) is 12.1 Å². The van der Waals surface area contributed by atoms with Crippen LogP contribution in [0, 0.1) is 0 Å². The molecule has 0 aliphatic rings. The molecule has 5 heteroatoms. The van der Waals surface area contributed by atoms with Gasteiger partial charge in [-0.2, -0.15) is 0 Å². The van der Waals surface area contributed by atoms with Gasteiger partial charge in [-0.25, -0.2) is 0 Å². The van der Waals surface area contributed by atoms with E-state index >= 15 is 0 Å². The van der Waals surface area contributed by atoms with Crippen molar-refractivity contribution in [3.05, 3.63) is 0 Å². The quantitative estimate of drug-likeness (QED) is 0.408. The molecule has 0 spiro atoms. The van der Waals surface area contributed by atoms with Crippen LogP contribution < -0.4 is 0 Å². The fourth-order valence-corrected chi connectivity index (χ4v) is 1.10. The van der Waals surface area contributed by atoms with Crippen molar-refractivity contribution in [3.63, 3.8) is 0 Å². The van der Waals surface area contributed by atoms with E-state index in [1.54, 1.807) is 7.11 Å². The van der Waals surface area contributed by atoms with Crippen molar-refractivity contribution in [1.82, 2.24) is 0 Å². The van der Waals surface area contributed by atoms with Crippen molar-refractivity contribution in [1.29, 1.82) is 0 Å². The van der Waals surface area contributed by atoms with Crippen LogP contribution in [-0.4, -0.2) is 52.2 Å². The second-order valence-electron chi connectivity index (χ2n) is 3.86. The Kier molecular flexibility index (Phi) is 11.4. The van der Waals surface area contributed by atoms with Gasteiger partial charge in [-0.15, -0.1) is 0 Å². The van der Waals surface area contributed by atoms with Gasteiger partial charge in [-0.1, -0.05) is 0 Å². The van der Waals surface area contributed by atoms with Gasteiger partial charge in [0.05, 0.1) is 32.5 Å². The number of hydrogen-bond donors (Lipinski definition) is 0. The molecule has 0 N–H and O–H groups in total. The Balaban J connectivity index is 3.10. The first-order valence-corrected chi connectivity index (χ1v) is 6.00. The van der Waals surface area contributed by atoms with Gasteiger partial charge in [-0.05, 0) is 20.3 Å². The maximum Gasteiger partial charge on any atom is 0.306 e. The Bertz CT molecular complexity index is 182. The number of methoxy groups -OCH3 is 1. The molecule has 17 heavy (non-hydrogen) atoms. The first-order valence-electron chi connectivity index (χ1n) is 6.00. The minimum atomic E-state index is -0.167. The second kappa shape index (κ2) is 11.8. The number of hydrogen-bond acceptors (Lipinski definition) is 5. The van der Waals surface area contributed by atoms with E-state index in [4.69, 9.17) is 18.9 Å². The summed E-state index contributed by atoms with van der Waals surface area (Å²) in [5.74, 6) is -0.167. The molecule has 0 heterocycles. The molecule has 0 amide bonds. The van der Waals surface area contributed by atoms with Gasteiger partial charge in [0.25, 0.3) is 0 Å². The normalized spacial score (nSPS) is 10.8. The average Bonchev–Trinajstić information content (AvgIpc) is 2.26. The maximum atomic E-state index is 11.1. The number of ether oxygens (including phenoxy) is 4. The summed E-state index contributed by atoms with van der Waals surface area (Å²) in [6, 6.07) is 0. The van der Waals surface area contributed by atoms with Gasteiger partial charge in [0.15, 0.2) is 0 Å². The molecule has 0 atom stereocenters. The summed E-state index contributed by atoms with van der Waals surface area (Å²) in [6.45, 7) is 6.52. The SMILES string of the molecule is COCCOCCOCCCC(=O)OC(C)C. The predicted octanol–water partition coefficient (Wildman–Crippen LogP) is 1.40. The highest BCUT2D eigenvalue weighted by Gasteiger charge is 2.04. The Morgan fingerprint density at radius 1 is 1.00 bits per heavy atom. The van der Waals surface area contributed by atoms with Crippen molar-refractivity contribution in [3.8, 4) is 0 Å². The average molecular weight is 248 g/mol. The molecule has 0 aromatic rings. The van der Waals surface area contributed by atoms with Gasteiger partial charge < -0.3 is 18.9 Å². The van der Waals surface area contributed by atoms with Crippen LogP contribution in [0.15, 0.2) is 0 Å². The van der Waals surface area contributed by atoms with Crippen LogP contribution in [0.5, 0.6) is 0 Å². The van der Waals surface area contributed by atoms with E-state index in [2.05, 4.69) is 0 Å². The lowest BCUT2D eigenvalue weighted by molar-refractivity contribution is -0.147. The fraction of sp³-hybridized carbons (Fsp3) is 0.917. The minimum Gasteiger partial charge on any atom is -0.463 e. The van der Waals surface area contributed by atoms with Crippen molar-refractivity contribution in [2.75, 3.05) is 40.1 Å². The highest BCUT2D eigenvalue weighted by atomic mass is 16.5. The van der Waals surface area contributed by atoms with Gasteiger partial charge >= 0.3 is 5.97 Å². The first kappa shape index (κ1) is 16.4. The van der Waals surface area contributed by atoms with Gasteiger partial charge in [0, 0.05) is 20.1 Å². The van der Waals surface area contributed by atoms with Crippen molar-refractivity contribution < 1.29 is 23.7 Å². The number of rotatable bonds is 11. The highest BCUT2D eigenvalue weighted by Crippen LogP contribution is 1.97. The van der Waals surface area contributed by atoms with Crippen LogP contribution >= 0.6 is 0 Å². The maximum absolute atomic E-state index is 11.1. The Morgan fingerprint density at radius 2 is 1.59 bits per heavy atom. The molecule has 5 nitrogen and oxygen atoms in total. The molecular weight excluding hydrogens is 224 g/mol. The summed E-state index contributed by atoms with van der Waals surface area (Å²) in [5.41, 5.74) is 0. The van der Waals surface area contributed by atoms with E-state index in [0.717, 1.165) is 0 Å². The molecule has 0 aliphatic carbocycles. The van der Waals surface area contributed by atoms with Crippen molar-refractivity contribution >= 4 is 5.97 Å². The van der Waals surface area contributed by atoms with E-state index in [0.29, 0.717) is 45.9 Å². The zero-order valence-corrected chi connectivity index (χ0v) is 11.1. The third kappa shape index (κ3) is 13.3. The minimum absolute atomic E-state index is 0.0439. The number of esters is 1. The lowest BCUT2D eigenvalue weighted by Gasteiger charge is -2.08. The lowest BCUT2D eigenvalue weighted by Crippen LogP contribution is -2.13. The predicted molar refractivity (Wildman–Crippen MR) is 64.0 cm³/mol. The summed E-state index contributed by atoms with van der Waals surface area (Å²) in [6.07, 6.45) is 1.05. The summed E-state index contributed by atoms with van der Waals surface area (Å²) < 4.78 is 20.3. The molecule has 0 unspecified atom stereocenters. The molecule has 0 saturated carbocycles. The molecule has 0 bridgehead atoms. The van der Waals surface area contributed by atoms with Crippen LogP contribution in [0.4, 0.5) is 0 Å². The Labute approximate surface area is 103 Å². The summed E-state index contributed by atoms with van der Waals surface area (Å²) in [4.78, 5) is 11.1. The van der Waals surface area contributed by atoms with E-state index in [1.807, 2.05) is 13.8 Å². The standard InChI is InChI=1S/C12H24O5/c1-11(2)17-12(13)5-4-6-15-9-10-16-8-7-14-3/h11H,4-10H2,1-3H3. The van der Waals surface area contributed by atoms with E-state index in [1.165, 1.54) is 0 Å². The largest absolute Gasteiger partial charge is 0.463 e. The lowest BCUT2D eigenvalue weighted by atomic mass is 10.3. The van der Waals surface area contributed by atoms with Crippen LogP contribution in [-0.2, 0) is 23.7 Å². The second-order valence-corrected chi connectivity index (χ2v) is 3.86. The molecule has 0 saturated heterocycles. The van der Waals surface area contributed by atoms with E-state index in [9.17, 15) is 4.79 Å². The molecule has 0 fully saturated rings. The molecular formula is C12H24O5. The number of carbonyl (C=O) groups excluding carboxylic acids is 1. The highest BCUT2D eigenvalue weighted by molar-refractivity contribution is 5.69. The Morgan fingerprint density at radius 3 is 2.18 bits per heavy atom. The molecule has 0 rings (SSSR count). The third-order valence-corrected chi connectivity index (χ3v) is 1.84. The van der Waals surface area contributed by atoms with Crippen LogP contribution in [0.25, 0.3) is 0 Å². The van der Waals surface area contributed by atoms with Crippen molar-refractivity contribution in [2.45, 2.75) is 32.8 Å². The molecule has 0 radical (unpaired) electrons. The monoisotopic (exact) mass is 248 g/mol. The van der Waals surface area contributed by atoms with Crippen molar-refractivity contribution in [2.24, 2.45) is 0 Å². The summed E-state index contributed by atoms with van der Waals surface area (Å²) >= 11 is 0. The summed E-state index contributed by atoms with van der Waals surface area (Å²) in [5, 5.41) is 0. The third-order valence-electron chi connectivity index (χ3n) is 1.84. The van der Waals surface area contributed by atoms with Crippen LogP contribution in [0.2, 0.25) is 0 Å². The molecule has 0 aromatic carbocycles. The topological polar surface area (TPSA) is 54.0 Å².